The van der Waals surface area contributed by atoms with Gasteiger partial charge in [0.1, 0.15) is 0 Å². The van der Waals surface area contributed by atoms with Crippen molar-refractivity contribution in [3.05, 3.63) is 69.7 Å². The number of rotatable bonds is 6. The van der Waals surface area contributed by atoms with Crippen molar-refractivity contribution < 1.29 is 4.79 Å². The van der Waals surface area contributed by atoms with Gasteiger partial charge in [0, 0.05) is 22.2 Å². The number of aromatic nitrogens is 2. The quantitative estimate of drug-likeness (QED) is 0.654. The monoisotopic (exact) mass is 365 g/mol. The first-order valence-electron chi connectivity index (χ1n) is 9.06. The maximum absolute atomic E-state index is 13.1. The van der Waals surface area contributed by atoms with Crippen molar-refractivity contribution in [3.63, 3.8) is 0 Å². The highest BCUT2D eigenvalue weighted by Gasteiger charge is 2.33. The number of para-hydroxylation sites is 1. The summed E-state index contributed by atoms with van der Waals surface area (Å²) in [4.78, 5) is 16.4. The van der Waals surface area contributed by atoms with Crippen LogP contribution in [0.3, 0.4) is 0 Å². The smallest absolute Gasteiger partial charge is 0.227 e. The molecule has 1 amide bonds. The maximum Gasteiger partial charge on any atom is 0.227 e. The van der Waals surface area contributed by atoms with Gasteiger partial charge < -0.3 is 4.90 Å². The first kappa shape index (κ1) is 17.0. The van der Waals surface area contributed by atoms with Crippen LogP contribution in [0.15, 0.2) is 47.8 Å². The highest BCUT2D eigenvalue weighted by atomic mass is 32.1. The number of carbonyl (C=O) groups excluding carboxylic acids is 1. The molecule has 1 saturated carbocycles. The summed E-state index contributed by atoms with van der Waals surface area (Å²) in [6.45, 7) is 4.78. The molecule has 0 N–H and O–H groups in total. The topological polar surface area (TPSA) is 38.1 Å². The van der Waals surface area contributed by atoms with E-state index in [9.17, 15) is 4.79 Å². The highest BCUT2D eigenvalue weighted by Crippen LogP contribution is 2.30. The molecule has 4 nitrogen and oxygen atoms in total. The molecule has 0 unspecified atom stereocenters. The van der Waals surface area contributed by atoms with Crippen molar-refractivity contribution in [3.8, 4) is 5.69 Å². The number of hydrogen-bond donors (Lipinski definition) is 0. The predicted octanol–water partition coefficient (Wildman–Crippen LogP) is 4.28. The van der Waals surface area contributed by atoms with Gasteiger partial charge in [0.2, 0.25) is 5.91 Å². The summed E-state index contributed by atoms with van der Waals surface area (Å²) >= 11 is 1.72. The molecule has 0 bridgehead atoms. The second-order valence-corrected chi connectivity index (χ2v) is 7.94. The van der Waals surface area contributed by atoms with Gasteiger partial charge in [-0.2, -0.15) is 5.10 Å². The van der Waals surface area contributed by atoms with E-state index >= 15 is 0 Å². The van der Waals surface area contributed by atoms with Gasteiger partial charge in [-0.25, -0.2) is 4.68 Å². The molecule has 5 heteroatoms. The van der Waals surface area contributed by atoms with Gasteiger partial charge in [0.15, 0.2) is 0 Å². The van der Waals surface area contributed by atoms with Crippen LogP contribution in [0.4, 0.5) is 0 Å². The summed E-state index contributed by atoms with van der Waals surface area (Å²) in [6.07, 6.45) is 2.67. The van der Waals surface area contributed by atoms with E-state index in [4.69, 9.17) is 0 Å². The Balaban J connectivity index is 1.56. The van der Waals surface area contributed by atoms with E-state index in [2.05, 4.69) is 28.4 Å². The second-order valence-electron chi connectivity index (χ2n) is 6.91. The predicted molar refractivity (Wildman–Crippen MR) is 105 cm³/mol. The SMILES string of the molecule is Cc1nn(-c2ccccc2)c(C)c1CC(=O)N(Cc1cccs1)C1CC1. The van der Waals surface area contributed by atoms with Crippen LogP contribution in [0.5, 0.6) is 0 Å². The molecule has 0 aliphatic heterocycles. The number of benzene rings is 1. The van der Waals surface area contributed by atoms with Crippen LogP contribution >= 0.6 is 11.3 Å². The number of amides is 1. The lowest BCUT2D eigenvalue weighted by atomic mass is 10.1. The van der Waals surface area contributed by atoms with Gasteiger partial charge in [-0.05, 0) is 50.3 Å². The van der Waals surface area contributed by atoms with Gasteiger partial charge in [0.25, 0.3) is 0 Å². The van der Waals surface area contributed by atoms with Crippen LogP contribution < -0.4 is 0 Å². The first-order valence-corrected chi connectivity index (χ1v) is 9.94. The van der Waals surface area contributed by atoms with Gasteiger partial charge in [-0.15, -0.1) is 11.3 Å². The van der Waals surface area contributed by atoms with Gasteiger partial charge >= 0.3 is 0 Å². The Kier molecular flexibility index (Phi) is 4.64. The molecule has 1 aliphatic rings. The van der Waals surface area contributed by atoms with Crippen molar-refractivity contribution in [2.45, 2.75) is 45.7 Å². The Morgan fingerprint density at radius 1 is 1.19 bits per heavy atom. The third kappa shape index (κ3) is 3.44. The van der Waals surface area contributed by atoms with Crippen LogP contribution in [-0.4, -0.2) is 26.6 Å². The Bertz CT molecular complexity index is 895. The largest absolute Gasteiger partial charge is 0.334 e. The van der Waals surface area contributed by atoms with Crippen molar-refractivity contribution in [2.75, 3.05) is 0 Å². The number of carbonyl (C=O) groups is 1. The molecular formula is C21H23N3OS. The number of hydrogen-bond acceptors (Lipinski definition) is 3. The van der Waals surface area contributed by atoms with Crippen molar-refractivity contribution >= 4 is 17.2 Å². The van der Waals surface area contributed by atoms with Crippen LogP contribution in [0.1, 0.15) is 34.7 Å². The molecule has 2 heterocycles. The van der Waals surface area contributed by atoms with Gasteiger partial charge in [-0.3, -0.25) is 4.79 Å². The molecule has 0 atom stereocenters. The molecule has 0 radical (unpaired) electrons. The summed E-state index contributed by atoms with van der Waals surface area (Å²) in [6, 6.07) is 14.7. The van der Waals surface area contributed by atoms with Crippen molar-refractivity contribution in [1.82, 2.24) is 14.7 Å². The minimum atomic E-state index is 0.208. The second kappa shape index (κ2) is 7.08. The summed E-state index contributed by atoms with van der Waals surface area (Å²) in [5, 5.41) is 6.75. The van der Waals surface area contributed by atoms with Crippen LogP contribution in [0, 0.1) is 13.8 Å². The molecule has 1 fully saturated rings. The molecule has 2 aromatic heterocycles. The number of aryl methyl sites for hydroxylation is 1. The van der Waals surface area contributed by atoms with Crippen LogP contribution in [-0.2, 0) is 17.8 Å². The Hall–Kier alpha value is -2.40. The van der Waals surface area contributed by atoms with E-state index in [0.29, 0.717) is 12.5 Å². The molecule has 1 aliphatic carbocycles. The number of thiophene rings is 1. The number of nitrogens with zero attached hydrogens (tertiary/aromatic N) is 3. The van der Waals surface area contributed by atoms with E-state index < -0.39 is 0 Å². The Morgan fingerprint density at radius 3 is 2.62 bits per heavy atom. The molecule has 134 valence electrons. The zero-order valence-electron chi connectivity index (χ0n) is 15.2. The normalized spacial score (nSPS) is 13.8. The summed E-state index contributed by atoms with van der Waals surface area (Å²) in [5.41, 5.74) is 4.07. The minimum absolute atomic E-state index is 0.208. The Morgan fingerprint density at radius 2 is 1.96 bits per heavy atom. The minimum Gasteiger partial charge on any atom is -0.334 e. The van der Waals surface area contributed by atoms with Gasteiger partial charge in [0.05, 0.1) is 24.3 Å². The van der Waals surface area contributed by atoms with Crippen LogP contribution in [0.2, 0.25) is 0 Å². The molecular weight excluding hydrogens is 342 g/mol. The van der Waals surface area contributed by atoms with Crippen molar-refractivity contribution in [2.24, 2.45) is 0 Å². The fourth-order valence-corrected chi connectivity index (χ4v) is 4.08. The zero-order valence-corrected chi connectivity index (χ0v) is 16.0. The molecule has 4 rings (SSSR count). The summed E-state index contributed by atoms with van der Waals surface area (Å²) in [7, 11) is 0. The lowest BCUT2D eigenvalue weighted by molar-refractivity contribution is -0.131. The van der Waals surface area contributed by atoms with E-state index in [1.807, 2.05) is 48.0 Å². The fraction of sp³-hybridized carbons (Fsp3) is 0.333. The molecule has 26 heavy (non-hydrogen) atoms. The van der Waals surface area contributed by atoms with E-state index in [0.717, 1.165) is 42.0 Å². The summed E-state index contributed by atoms with van der Waals surface area (Å²) in [5.74, 6) is 0.208. The fourth-order valence-electron chi connectivity index (χ4n) is 3.38. The van der Waals surface area contributed by atoms with Gasteiger partial charge in [-0.1, -0.05) is 24.3 Å². The first-order chi connectivity index (χ1) is 12.6. The third-order valence-corrected chi connectivity index (χ3v) is 5.85. The van der Waals surface area contributed by atoms with E-state index in [1.165, 1.54) is 4.88 Å². The lowest BCUT2D eigenvalue weighted by Gasteiger charge is -2.22. The third-order valence-electron chi connectivity index (χ3n) is 4.98. The Labute approximate surface area is 158 Å². The lowest BCUT2D eigenvalue weighted by Crippen LogP contribution is -2.33. The standard InChI is InChI=1S/C21H23N3OS/c1-15-20(16(2)24(22-15)18-7-4-3-5-8-18)13-21(25)23(17-10-11-17)14-19-9-6-12-26-19/h3-9,12,17H,10-11,13-14H2,1-2H3. The molecule has 0 saturated heterocycles. The summed E-state index contributed by atoms with van der Waals surface area (Å²) < 4.78 is 1.94. The van der Waals surface area contributed by atoms with Crippen LogP contribution in [0.25, 0.3) is 5.69 Å². The van der Waals surface area contributed by atoms with E-state index in [-0.39, 0.29) is 5.91 Å². The molecule has 3 aromatic rings. The maximum atomic E-state index is 13.1. The van der Waals surface area contributed by atoms with Crippen molar-refractivity contribution in [1.29, 1.82) is 0 Å². The average molecular weight is 366 g/mol. The van der Waals surface area contributed by atoms with E-state index in [1.54, 1.807) is 11.3 Å². The zero-order chi connectivity index (χ0) is 18.1. The highest BCUT2D eigenvalue weighted by molar-refractivity contribution is 7.09. The molecule has 1 aromatic carbocycles. The molecule has 0 spiro atoms. The average Bonchev–Trinajstić information content (AvgIpc) is 3.29.